The molecular formula is C16H26N4OS. The molecule has 122 valence electrons. The number of methoxy groups -OCH3 is 1. The summed E-state index contributed by atoms with van der Waals surface area (Å²) in [4.78, 5) is 11.2. The standard InChI is InChI=1S/C16H26N4OS/c1-12(2)14-11-20(8-9-22-14)16(17-3)18-10-13-6-5-7-15(19-13)21-4/h5-7,12,14H,8-11H2,1-4H3,(H,17,18). The van der Waals surface area contributed by atoms with E-state index in [-0.39, 0.29) is 0 Å². The molecule has 6 heteroatoms. The van der Waals surface area contributed by atoms with Gasteiger partial charge in [-0.2, -0.15) is 11.8 Å². The minimum Gasteiger partial charge on any atom is -0.481 e. The van der Waals surface area contributed by atoms with E-state index in [1.54, 1.807) is 7.11 Å². The van der Waals surface area contributed by atoms with Crippen LogP contribution < -0.4 is 10.1 Å². The first-order chi connectivity index (χ1) is 10.6. The van der Waals surface area contributed by atoms with Crippen molar-refractivity contribution in [3.05, 3.63) is 23.9 Å². The number of ether oxygens (including phenoxy) is 1. The molecular weight excluding hydrogens is 296 g/mol. The summed E-state index contributed by atoms with van der Waals surface area (Å²) >= 11 is 2.07. The predicted molar refractivity (Wildman–Crippen MR) is 93.6 cm³/mol. The molecule has 1 aromatic heterocycles. The van der Waals surface area contributed by atoms with Crippen LogP contribution in [0.5, 0.6) is 5.88 Å². The normalized spacial score (nSPS) is 19.4. The molecule has 1 aliphatic rings. The maximum Gasteiger partial charge on any atom is 0.213 e. The van der Waals surface area contributed by atoms with E-state index in [9.17, 15) is 0 Å². The van der Waals surface area contributed by atoms with Crippen molar-refractivity contribution in [1.82, 2.24) is 15.2 Å². The molecule has 1 N–H and O–H groups in total. The maximum atomic E-state index is 5.16. The molecule has 0 bridgehead atoms. The molecule has 1 saturated heterocycles. The van der Waals surface area contributed by atoms with E-state index < -0.39 is 0 Å². The lowest BCUT2D eigenvalue weighted by Gasteiger charge is -2.36. The summed E-state index contributed by atoms with van der Waals surface area (Å²) in [5.74, 6) is 3.44. The number of aliphatic imine (C=N–C) groups is 1. The van der Waals surface area contributed by atoms with Crippen molar-refractivity contribution < 1.29 is 4.74 Å². The fourth-order valence-corrected chi connectivity index (χ4v) is 3.74. The lowest BCUT2D eigenvalue weighted by molar-refractivity contribution is 0.379. The van der Waals surface area contributed by atoms with Crippen LogP contribution in [0.25, 0.3) is 0 Å². The number of aromatic nitrogens is 1. The summed E-state index contributed by atoms with van der Waals surface area (Å²) in [6, 6.07) is 5.80. The SMILES string of the molecule is CN=C(NCc1cccc(OC)n1)N1CCSC(C(C)C)C1. The Kier molecular flexibility index (Phi) is 6.36. The Morgan fingerprint density at radius 1 is 1.55 bits per heavy atom. The molecule has 2 heterocycles. The number of thioether (sulfide) groups is 1. The fraction of sp³-hybridized carbons (Fsp3) is 0.625. The van der Waals surface area contributed by atoms with Crippen molar-refractivity contribution in [2.24, 2.45) is 10.9 Å². The van der Waals surface area contributed by atoms with Gasteiger partial charge in [-0.05, 0) is 12.0 Å². The van der Waals surface area contributed by atoms with Gasteiger partial charge >= 0.3 is 0 Å². The molecule has 0 aromatic carbocycles. The van der Waals surface area contributed by atoms with Gasteiger partial charge in [0.15, 0.2) is 5.96 Å². The second-order valence-electron chi connectivity index (χ2n) is 5.67. The second-order valence-corrected chi connectivity index (χ2v) is 7.02. The van der Waals surface area contributed by atoms with Gasteiger partial charge in [-0.3, -0.25) is 4.99 Å². The Morgan fingerprint density at radius 3 is 3.05 bits per heavy atom. The van der Waals surface area contributed by atoms with E-state index in [0.29, 0.717) is 23.6 Å². The molecule has 22 heavy (non-hydrogen) atoms. The van der Waals surface area contributed by atoms with Gasteiger partial charge in [-0.15, -0.1) is 0 Å². The second kappa shape index (κ2) is 8.27. The number of rotatable bonds is 4. The highest BCUT2D eigenvalue weighted by Crippen LogP contribution is 2.24. The zero-order valence-electron chi connectivity index (χ0n) is 13.9. The molecule has 2 rings (SSSR count). The zero-order valence-corrected chi connectivity index (χ0v) is 14.7. The van der Waals surface area contributed by atoms with Gasteiger partial charge in [0.25, 0.3) is 0 Å². The molecule has 1 fully saturated rings. The average molecular weight is 322 g/mol. The van der Waals surface area contributed by atoms with Gasteiger partial charge in [0.05, 0.1) is 19.3 Å². The van der Waals surface area contributed by atoms with Crippen molar-refractivity contribution in [3.63, 3.8) is 0 Å². The third-order valence-corrected chi connectivity index (χ3v) is 5.31. The van der Waals surface area contributed by atoms with Crippen molar-refractivity contribution in [3.8, 4) is 5.88 Å². The first-order valence-electron chi connectivity index (χ1n) is 7.71. The highest BCUT2D eigenvalue weighted by atomic mass is 32.2. The molecule has 0 radical (unpaired) electrons. The molecule has 1 atom stereocenters. The summed E-state index contributed by atoms with van der Waals surface area (Å²) in [5.41, 5.74) is 0.951. The molecule has 0 aliphatic carbocycles. The monoisotopic (exact) mass is 322 g/mol. The van der Waals surface area contributed by atoms with Crippen LogP contribution in [0.3, 0.4) is 0 Å². The molecule has 0 amide bonds. The molecule has 1 unspecified atom stereocenters. The van der Waals surface area contributed by atoms with Crippen molar-refractivity contribution in [2.75, 3.05) is 33.0 Å². The first kappa shape index (κ1) is 16.9. The zero-order chi connectivity index (χ0) is 15.9. The minimum absolute atomic E-state index is 0.642. The number of guanidine groups is 1. The Bertz CT molecular complexity index is 507. The molecule has 5 nitrogen and oxygen atoms in total. The summed E-state index contributed by atoms with van der Waals surface area (Å²) in [5, 5.41) is 4.08. The molecule has 0 spiro atoms. The van der Waals surface area contributed by atoms with Crippen LogP contribution in [-0.2, 0) is 6.54 Å². The lowest BCUT2D eigenvalue weighted by Crippen LogP contribution is -2.48. The summed E-state index contributed by atoms with van der Waals surface area (Å²) in [6.07, 6.45) is 0. The van der Waals surface area contributed by atoms with Gasteiger partial charge in [0.1, 0.15) is 0 Å². The third-order valence-electron chi connectivity index (χ3n) is 3.77. The third kappa shape index (κ3) is 4.53. The van der Waals surface area contributed by atoms with Crippen LogP contribution in [0.15, 0.2) is 23.2 Å². The van der Waals surface area contributed by atoms with Gasteiger partial charge in [-0.1, -0.05) is 19.9 Å². The van der Waals surface area contributed by atoms with E-state index in [1.165, 1.54) is 0 Å². The van der Waals surface area contributed by atoms with Crippen LogP contribution in [0, 0.1) is 5.92 Å². The largest absolute Gasteiger partial charge is 0.481 e. The molecule has 1 aliphatic heterocycles. The summed E-state index contributed by atoms with van der Waals surface area (Å²) in [6.45, 7) is 7.32. The molecule has 0 saturated carbocycles. The van der Waals surface area contributed by atoms with Crippen LogP contribution in [0.4, 0.5) is 0 Å². The average Bonchev–Trinajstić information content (AvgIpc) is 2.56. The Balaban J connectivity index is 1.94. The first-order valence-corrected chi connectivity index (χ1v) is 8.76. The van der Waals surface area contributed by atoms with Gasteiger partial charge in [-0.25, -0.2) is 4.98 Å². The van der Waals surface area contributed by atoms with Crippen molar-refractivity contribution in [1.29, 1.82) is 0 Å². The fourth-order valence-electron chi connectivity index (χ4n) is 2.44. The lowest BCUT2D eigenvalue weighted by atomic mass is 10.1. The van der Waals surface area contributed by atoms with Crippen LogP contribution in [0.1, 0.15) is 19.5 Å². The predicted octanol–water partition coefficient (Wildman–Crippen LogP) is 2.24. The van der Waals surface area contributed by atoms with Gasteiger partial charge in [0.2, 0.25) is 5.88 Å². The van der Waals surface area contributed by atoms with Crippen LogP contribution in [-0.4, -0.2) is 54.1 Å². The summed E-state index contributed by atoms with van der Waals surface area (Å²) < 4.78 is 5.16. The number of nitrogens with one attached hydrogen (secondary N) is 1. The van der Waals surface area contributed by atoms with E-state index in [0.717, 1.165) is 30.5 Å². The maximum absolute atomic E-state index is 5.16. The highest BCUT2D eigenvalue weighted by Gasteiger charge is 2.24. The van der Waals surface area contributed by atoms with Gasteiger partial charge < -0.3 is 15.0 Å². The number of nitrogens with zero attached hydrogens (tertiary/aromatic N) is 3. The Labute approximate surface area is 137 Å². The number of hydrogen-bond acceptors (Lipinski definition) is 4. The smallest absolute Gasteiger partial charge is 0.213 e. The number of pyridine rings is 1. The van der Waals surface area contributed by atoms with Crippen LogP contribution in [0.2, 0.25) is 0 Å². The number of hydrogen-bond donors (Lipinski definition) is 1. The van der Waals surface area contributed by atoms with Crippen molar-refractivity contribution >= 4 is 17.7 Å². The van der Waals surface area contributed by atoms with Gasteiger partial charge in [0, 0.05) is 37.2 Å². The van der Waals surface area contributed by atoms with Crippen molar-refractivity contribution in [2.45, 2.75) is 25.6 Å². The quantitative estimate of drug-likeness (QED) is 0.680. The summed E-state index contributed by atoms with van der Waals surface area (Å²) in [7, 11) is 3.48. The topological polar surface area (TPSA) is 49.8 Å². The highest BCUT2D eigenvalue weighted by molar-refractivity contribution is 8.00. The van der Waals surface area contributed by atoms with E-state index >= 15 is 0 Å². The minimum atomic E-state index is 0.642. The van der Waals surface area contributed by atoms with Crippen LogP contribution >= 0.6 is 11.8 Å². The molecule has 1 aromatic rings. The van der Waals surface area contributed by atoms with E-state index in [4.69, 9.17) is 4.74 Å². The Hall–Kier alpha value is -1.43. The van der Waals surface area contributed by atoms with E-state index in [2.05, 4.69) is 45.8 Å². The Morgan fingerprint density at radius 2 is 2.36 bits per heavy atom. The van der Waals surface area contributed by atoms with E-state index in [1.807, 2.05) is 25.2 Å².